The number of aliphatic imine (C=N–C) groups is 1. The Morgan fingerprint density at radius 3 is 2.62 bits per heavy atom. The van der Waals surface area contributed by atoms with Crippen LogP contribution in [-0.2, 0) is 0 Å². The van der Waals surface area contributed by atoms with Crippen molar-refractivity contribution in [3.05, 3.63) is 53.6 Å². The van der Waals surface area contributed by atoms with E-state index < -0.39 is 0 Å². The number of quaternary nitrogens is 1. The molecule has 1 atom stereocenters. The highest BCUT2D eigenvalue weighted by molar-refractivity contribution is 5.83. The standard InChI is InChI=1S/C21H28N2O3/c1-5-11-26-19-10-9-17(21(24)13-19)14-22-15-20(23(2)3)16-7-6-8-18(12-16)25-4/h6-10,12-14,20,24H,5,11,15H2,1-4H3/p+1/t20-/m0/s1. The summed E-state index contributed by atoms with van der Waals surface area (Å²) in [6.07, 6.45) is 2.65. The van der Waals surface area contributed by atoms with Crippen LogP contribution in [0, 0.1) is 0 Å². The molecular formula is C21H29N2O3+. The lowest BCUT2D eigenvalue weighted by molar-refractivity contribution is -0.890. The number of rotatable bonds is 9. The van der Waals surface area contributed by atoms with Gasteiger partial charge in [0.25, 0.3) is 0 Å². The van der Waals surface area contributed by atoms with Crippen molar-refractivity contribution < 1.29 is 19.5 Å². The molecule has 0 unspecified atom stereocenters. The molecular weight excluding hydrogens is 328 g/mol. The van der Waals surface area contributed by atoms with Gasteiger partial charge in [0.2, 0.25) is 0 Å². The number of ether oxygens (including phenoxy) is 2. The number of benzene rings is 2. The Labute approximate surface area is 155 Å². The van der Waals surface area contributed by atoms with Gasteiger partial charge >= 0.3 is 0 Å². The number of phenolic OH excluding ortho intramolecular Hbond substituents is 1. The van der Waals surface area contributed by atoms with E-state index >= 15 is 0 Å². The third kappa shape index (κ3) is 5.49. The van der Waals surface area contributed by atoms with Gasteiger partial charge in [-0.05, 0) is 30.7 Å². The lowest BCUT2D eigenvalue weighted by atomic mass is 10.1. The minimum absolute atomic E-state index is 0.178. The zero-order chi connectivity index (χ0) is 18.9. The molecule has 5 heteroatoms. The number of hydrogen-bond acceptors (Lipinski definition) is 4. The zero-order valence-corrected chi connectivity index (χ0v) is 16.0. The third-order valence-corrected chi connectivity index (χ3v) is 4.19. The van der Waals surface area contributed by atoms with Gasteiger partial charge in [-0.2, -0.15) is 0 Å². The molecule has 0 heterocycles. The van der Waals surface area contributed by atoms with Gasteiger partial charge in [-0.15, -0.1) is 0 Å². The van der Waals surface area contributed by atoms with Gasteiger partial charge in [-0.3, -0.25) is 4.99 Å². The van der Waals surface area contributed by atoms with E-state index in [2.05, 4.69) is 25.2 Å². The predicted molar refractivity (Wildman–Crippen MR) is 105 cm³/mol. The quantitative estimate of drug-likeness (QED) is 0.678. The number of methoxy groups -OCH3 is 1. The maximum atomic E-state index is 10.2. The molecule has 0 aliphatic carbocycles. The number of nitrogens with zero attached hydrogens (tertiary/aromatic N) is 1. The van der Waals surface area contributed by atoms with Crippen LogP contribution in [0.1, 0.15) is 30.5 Å². The van der Waals surface area contributed by atoms with Crippen LogP contribution < -0.4 is 14.4 Å². The van der Waals surface area contributed by atoms with E-state index in [1.54, 1.807) is 19.4 Å². The van der Waals surface area contributed by atoms with Crippen LogP contribution in [0.2, 0.25) is 0 Å². The second-order valence-electron chi connectivity index (χ2n) is 6.47. The molecule has 0 aliphatic rings. The summed E-state index contributed by atoms with van der Waals surface area (Å²) < 4.78 is 10.8. The van der Waals surface area contributed by atoms with Crippen molar-refractivity contribution in [2.24, 2.45) is 4.99 Å². The molecule has 0 aromatic heterocycles. The van der Waals surface area contributed by atoms with Gasteiger partial charge in [0, 0.05) is 23.4 Å². The monoisotopic (exact) mass is 357 g/mol. The minimum atomic E-state index is 0.178. The summed E-state index contributed by atoms with van der Waals surface area (Å²) in [5, 5.41) is 10.2. The fourth-order valence-corrected chi connectivity index (χ4v) is 2.68. The van der Waals surface area contributed by atoms with Gasteiger partial charge < -0.3 is 19.5 Å². The molecule has 0 saturated heterocycles. The summed E-state index contributed by atoms with van der Waals surface area (Å²) in [6, 6.07) is 13.6. The third-order valence-electron chi connectivity index (χ3n) is 4.19. The molecule has 0 fully saturated rings. The minimum Gasteiger partial charge on any atom is -0.507 e. The summed E-state index contributed by atoms with van der Waals surface area (Å²) in [4.78, 5) is 5.84. The number of aromatic hydroxyl groups is 1. The second-order valence-corrected chi connectivity index (χ2v) is 6.47. The van der Waals surface area contributed by atoms with E-state index in [4.69, 9.17) is 9.47 Å². The molecule has 26 heavy (non-hydrogen) atoms. The van der Waals surface area contributed by atoms with E-state index in [0.29, 0.717) is 24.5 Å². The van der Waals surface area contributed by atoms with Gasteiger partial charge in [0.1, 0.15) is 23.3 Å². The van der Waals surface area contributed by atoms with E-state index in [1.165, 1.54) is 10.5 Å². The SMILES string of the molecule is CCCOc1ccc(C=NC[C@@H](c2cccc(OC)c2)[NH+](C)C)c(O)c1. The molecule has 140 valence electrons. The molecule has 0 saturated carbocycles. The van der Waals surface area contributed by atoms with Crippen LogP contribution in [0.4, 0.5) is 0 Å². The van der Waals surface area contributed by atoms with Crippen LogP contribution in [0.3, 0.4) is 0 Å². The van der Waals surface area contributed by atoms with Crippen molar-refractivity contribution in [2.45, 2.75) is 19.4 Å². The Balaban J connectivity index is 2.08. The Bertz CT molecular complexity index is 729. The first kappa shape index (κ1) is 19.8. The molecule has 0 spiro atoms. The molecule has 2 rings (SSSR count). The Morgan fingerprint density at radius 2 is 1.96 bits per heavy atom. The molecule has 2 N–H and O–H groups in total. The number of phenols is 1. The first-order valence-corrected chi connectivity index (χ1v) is 8.94. The molecule has 0 radical (unpaired) electrons. The number of nitrogens with one attached hydrogen (secondary N) is 1. The van der Waals surface area contributed by atoms with E-state index in [9.17, 15) is 5.11 Å². The van der Waals surface area contributed by atoms with E-state index in [1.807, 2.05) is 37.3 Å². The summed E-state index contributed by atoms with van der Waals surface area (Å²) in [7, 11) is 5.89. The highest BCUT2D eigenvalue weighted by atomic mass is 16.5. The van der Waals surface area contributed by atoms with E-state index in [-0.39, 0.29) is 11.8 Å². The highest BCUT2D eigenvalue weighted by Crippen LogP contribution is 2.23. The molecule has 0 bridgehead atoms. The summed E-state index contributed by atoms with van der Waals surface area (Å²) in [5.41, 5.74) is 1.86. The Morgan fingerprint density at radius 1 is 1.15 bits per heavy atom. The fourth-order valence-electron chi connectivity index (χ4n) is 2.68. The molecule has 2 aromatic carbocycles. The molecule has 0 amide bonds. The predicted octanol–water partition coefficient (Wildman–Crippen LogP) is 2.49. The van der Waals surface area contributed by atoms with Crippen LogP contribution >= 0.6 is 0 Å². The second kappa shape index (κ2) is 9.82. The average molecular weight is 357 g/mol. The number of likely N-dealkylation sites (N-methyl/N-ethyl adjacent to an activating group) is 1. The first-order valence-electron chi connectivity index (χ1n) is 8.94. The largest absolute Gasteiger partial charge is 0.507 e. The number of hydrogen-bond donors (Lipinski definition) is 2. The first-order chi connectivity index (χ1) is 12.5. The van der Waals surface area contributed by atoms with Crippen LogP contribution in [0.5, 0.6) is 17.2 Å². The smallest absolute Gasteiger partial charge is 0.133 e. The fraction of sp³-hybridized carbons (Fsp3) is 0.381. The topological polar surface area (TPSA) is 55.5 Å². The lowest BCUT2D eigenvalue weighted by Crippen LogP contribution is -3.06. The maximum absolute atomic E-state index is 10.2. The maximum Gasteiger partial charge on any atom is 0.133 e. The molecule has 5 nitrogen and oxygen atoms in total. The van der Waals surface area contributed by atoms with Crippen molar-refractivity contribution >= 4 is 6.21 Å². The van der Waals surface area contributed by atoms with Gasteiger partial charge in [-0.1, -0.05) is 19.1 Å². The van der Waals surface area contributed by atoms with Crippen LogP contribution in [0.15, 0.2) is 47.5 Å². The van der Waals surface area contributed by atoms with Crippen molar-refractivity contribution in [1.29, 1.82) is 0 Å². The van der Waals surface area contributed by atoms with Crippen molar-refractivity contribution in [3.8, 4) is 17.2 Å². The normalized spacial score (nSPS) is 12.5. The zero-order valence-electron chi connectivity index (χ0n) is 16.0. The van der Waals surface area contributed by atoms with Gasteiger partial charge in [0.05, 0.1) is 34.4 Å². The van der Waals surface area contributed by atoms with E-state index in [0.717, 1.165) is 12.2 Å². The summed E-state index contributed by atoms with van der Waals surface area (Å²) in [5.74, 6) is 1.70. The van der Waals surface area contributed by atoms with Crippen molar-refractivity contribution in [3.63, 3.8) is 0 Å². The molecule has 0 aliphatic heterocycles. The summed E-state index contributed by atoms with van der Waals surface area (Å²) in [6.45, 7) is 3.30. The van der Waals surface area contributed by atoms with Crippen LogP contribution in [-0.4, -0.2) is 45.7 Å². The highest BCUT2D eigenvalue weighted by Gasteiger charge is 2.17. The Hall–Kier alpha value is -2.53. The Kier molecular flexibility index (Phi) is 7.48. The molecule has 2 aromatic rings. The van der Waals surface area contributed by atoms with Gasteiger partial charge in [-0.25, -0.2) is 0 Å². The lowest BCUT2D eigenvalue weighted by Gasteiger charge is -2.20. The van der Waals surface area contributed by atoms with Gasteiger partial charge in [0.15, 0.2) is 0 Å². The van der Waals surface area contributed by atoms with Crippen molar-refractivity contribution in [2.75, 3.05) is 34.4 Å². The summed E-state index contributed by atoms with van der Waals surface area (Å²) >= 11 is 0. The van der Waals surface area contributed by atoms with Crippen LogP contribution in [0.25, 0.3) is 0 Å². The average Bonchev–Trinajstić information content (AvgIpc) is 2.64. The van der Waals surface area contributed by atoms with Crippen molar-refractivity contribution in [1.82, 2.24) is 0 Å².